The fourth-order valence-corrected chi connectivity index (χ4v) is 8.83. The lowest BCUT2D eigenvalue weighted by Crippen LogP contribution is -2.48. The Morgan fingerprint density at radius 2 is 2.09 bits per heavy atom. The number of nitrogens with zero attached hydrogens (tertiary/aromatic N) is 2. The van der Waals surface area contributed by atoms with Gasteiger partial charge in [0.2, 0.25) is 20.2 Å². The summed E-state index contributed by atoms with van der Waals surface area (Å²) in [6, 6.07) is 7.95. The van der Waals surface area contributed by atoms with Crippen LogP contribution in [0, 0.1) is 5.92 Å². The Kier molecular flexibility index (Phi) is 8.30. The van der Waals surface area contributed by atoms with Crippen molar-refractivity contribution in [1.82, 2.24) is 10.2 Å². The number of hydrogen-bond donors (Lipinski definition) is 2. The number of aliphatic hydroxyl groups is 1. The molecule has 7 nitrogen and oxygen atoms in total. The first-order valence-corrected chi connectivity index (χ1v) is 16.0. The third-order valence-corrected chi connectivity index (χ3v) is 10.5. The van der Waals surface area contributed by atoms with Crippen LogP contribution in [0.2, 0.25) is 18.6 Å². The van der Waals surface area contributed by atoms with Crippen LogP contribution in [0.5, 0.6) is 0 Å². The van der Waals surface area contributed by atoms with Gasteiger partial charge in [0.25, 0.3) is 0 Å². The Hall–Kier alpha value is -1.81. The second kappa shape index (κ2) is 11.1. The smallest absolute Gasteiger partial charge is 0.246 e. The van der Waals surface area contributed by atoms with E-state index in [-0.39, 0.29) is 48.4 Å². The lowest BCUT2D eigenvalue weighted by Gasteiger charge is -2.30. The normalized spacial score (nSPS) is 29.7. The minimum Gasteiger partial charge on any atom is -0.394 e. The van der Waals surface area contributed by atoms with E-state index in [2.05, 4.69) is 24.4 Å². The lowest BCUT2D eigenvalue weighted by molar-refractivity contribution is -0.135. The molecule has 1 aromatic carbocycles. The number of anilines is 1. The Labute approximate surface area is 209 Å². The number of carbonyl (C=O) groups excluding carboxylic acids is 2. The molecule has 0 aliphatic carbocycles. The van der Waals surface area contributed by atoms with Crippen LogP contribution >= 0.6 is 0 Å². The molecule has 3 aliphatic heterocycles. The molecule has 0 bridgehead atoms. The standard InChI is InChI=1S/C26H40FN3O4Si/c1-18-22(10-9-19-6-4-7-20(14-19)30-13-11-28-16-25(30)33)34-23(26(18)35(2,3)27)15-24(32)29-12-5-8-21(29)17-31/h4,6-7,14,18,21-23,26,28,31H,5,8-13,15-17H2,1-3H3/t18-,21+,22+,23-,26+/m1/s1. The fraction of sp³-hybridized carbons (Fsp3) is 0.692. The molecule has 1 aromatic rings. The Balaban J connectivity index is 1.41. The van der Waals surface area contributed by atoms with E-state index in [0.717, 1.165) is 43.5 Å². The molecule has 3 fully saturated rings. The maximum absolute atomic E-state index is 15.4. The summed E-state index contributed by atoms with van der Waals surface area (Å²) < 4.78 is 21.9. The van der Waals surface area contributed by atoms with Gasteiger partial charge in [-0.05, 0) is 62.4 Å². The van der Waals surface area contributed by atoms with E-state index >= 15 is 4.11 Å². The number of ether oxygens (including phenoxy) is 1. The van der Waals surface area contributed by atoms with Crippen molar-refractivity contribution in [3.05, 3.63) is 29.8 Å². The molecule has 2 N–H and O–H groups in total. The van der Waals surface area contributed by atoms with E-state index in [4.69, 9.17) is 4.74 Å². The van der Waals surface area contributed by atoms with Gasteiger partial charge in [0.15, 0.2) is 0 Å². The fourth-order valence-electron chi connectivity index (χ4n) is 6.29. The molecule has 4 rings (SSSR count). The zero-order valence-electron chi connectivity index (χ0n) is 21.2. The number of nitrogens with one attached hydrogen (secondary N) is 1. The molecule has 35 heavy (non-hydrogen) atoms. The molecule has 0 spiro atoms. The summed E-state index contributed by atoms with van der Waals surface area (Å²) in [4.78, 5) is 28.9. The van der Waals surface area contributed by atoms with E-state index in [1.807, 2.05) is 17.0 Å². The number of piperazine rings is 1. The van der Waals surface area contributed by atoms with Crippen molar-refractivity contribution in [3.63, 3.8) is 0 Å². The zero-order valence-corrected chi connectivity index (χ0v) is 22.2. The minimum absolute atomic E-state index is 0.0261. The van der Waals surface area contributed by atoms with Gasteiger partial charge >= 0.3 is 0 Å². The van der Waals surface area contributed by atoms with Gasteiger partial charge in [-0.15, -0.1) is 0 Å². The maximum Gasteiger partial charge on any atom is 0.246 e. The number of benzene rings is 1. The Morgan fingerprint density at radius 1 is 1.29 bits per heavy atom. The van der Waals surface area contributed by atoms with Crippen LogP contribution in [-0.4, -0.2) is 81.3 Å². The molecule has 194 valence electrons. The lowest BCUT2D eigenvalue weighted by atomic mass is 9.95. The summed E-state index contributed by atoms with van der Waals surface area (Å²) in [6.45, 7) is 7.94. The molecule has 9 heteroatoms. The average molecular weight is 506 g/mol. The van der Waals surface area contributed by atoms with Crippen molar-refractivity contribution in [2.45, 2.75) is 75.9 Å². The number of halogens is 1. The van der Waals surface area contributed by atoms with Gasteiger partial charge in [0.05, 0.1) is 37.8 Å². The highest BCUT2D eigenvalue weighted by Crippen LogP contribution is 2.47. The van der Waals surface area contributed by atoms with Crippen LogP contribution < -0.4 is 10.2 Å². The minimum atomic E-state index is -3.07. The van der Waals surface area contributed by atoms with E-state index in [9.17, 15) is 14.7 Å². The molecule has 0 saturated carbocycles. The van der Waals surface area contributed by atoms with Crippen molar-refractivity contribution in [3.8, 4) is 0 Å². The predicted octanol–water partition coefficient (Wildman–Crippen LogP) is 2.88. The third kappa shape index (κ3) is 5.95. The molecule has 0 aromatic heterocycles. The van der Waals surface area contributed by atoms with E-state index in [1.165, 1.54) is 0 Å². The third-order valence-electron chi connectivity index (χ3n) is 8.01. The van der Waals surface area contributed by atoms with Crippen LogP contribution in [0.4, 0.5) is 9.80 Å². The quantitative estimate of drug-likeness (QED) is 0.419. The van der Waals surface area contributed by atoms with Crippen molar-refractivity contribution >= 4 is 25.9 Å². The summed E-state index contributed by atoms with van der Waals surface area (Å²) in [6.07, 6.45) is 2.88. The summed E-state index contributed by atoms with van der Waals surface area (Å²) in [7, 11) is -3.07. The Morgan fingerprint density at radius 3 is 2.80 bits per heavy atom. The molecule has 2 amide bonds. The number of carbonyl (C=O) groups is 2. The van der Waals surface area contributed by atoms with Crippen LogP contribution in [-0.2, 0) is 20.7 Å². The van der Waals surface area contributed by atoms with Gasteiger partial charge in [-0.3, -0.25) is 9.59 Å². The summed E-state index contributed by atoms with van der Waals surface area (Å²) >= 11 is 0. The van der Waals surface area contributed by atoms with Crippen LogP contribution in [0.15, 0.2) is 24.3 Å². The van der Waals surface area contributed by atoms with Gasteiger partial charge in [-0.25, -0.2) is 0 Å². The number of aryl methyl sites for hydroxylation is 1. The van der Waals surface area contributed by atoms with Gasteiger partial charge in [0.1, 0.15) is 0 Å². The molecular formula is C26H40FN3O4Si. The Bertz CT molecular complexity index is 911. The first-order valence-electron chi connectivity index (χ1n) is 13.0. The first-order chi connectivity index (χ1) is 16.7. The number of rotatable bonds is 8. The number of aliphatic hydroxyl groups excluding tert-OH is 1. The second-order valence-corrected chi connectivity index (χ2v) is 14.7. The highest BCUT2D eigenvalue weighted by atomic mass is 28.4. The monoisotopic (exact) mass is 505 g/mol. The molecule has 0 unspecified atom stereocenters. The SMILES string of the molecule is C[C@H]1[C@H]([Si](C)(C)F)[C@@H](CC(=O)N2CCC[C@H]2CO)O[C@H]1CCc1cccc(N2CCNCC2=O)c1. The van der Waals surface area contributed by atoms with Gasteiger partial charge in [0, 0.05) is 30.9 Å². The van der Waals surface area contributed by atoms with Gasteiger partial charge in [-0.1, -0.05) is 19.1 Å². The number of amides is 2. The van der Waals surface area contributed by atoms with E-state index < -0.39 is 14.5 Å². The molecule has 3 heterocycles. The summed E-state index contributed by atoms with van der Waals surface area (Å²) in [5.41, 5.74) is 1.80. The zero-order chi connectivity index (χ0) is 25.2. The number of likely N-dealkylation sites (tertiary alicyclic amines) is 1. The van der Waals surface area contributed by atoms with E-state index in [0.29, 0.717) is 19.6 Å². The number of hydrogen-bond acceptors (Lipinski definition) is 5. The maximum atomic E-state index is 15.4. The topological polar surface area (TPSA) is 82.1 Å². The van der Waals surface area contributed by atoms with Crippen LogP contribution in [0.3, 0.4) is 0 Å². The van der Waals surface area contributed by atoms with Crippen molar-refractivity contribution < 1.29 is 23.5 Å². The summed E-state index contributed by atoms with van der Waals surface area (Å²) in [5, 5.41) is 12.7. The first kappa shape index (κ1) is 26.3. The molecule has 0 radical (unpaired) electrons. The summed E-state index contributed by atoms with van der Waals surface area (Å²) in [5.74, 6) is 0.0775. The largest absolute Gasteiger partial charge is 0.394 e. The molecular weight excluding hydrogens is 465 g/mol. The van der Waals surface area contributed by atoms with Crippen molar-refractivity contribution in [2.24, 2.45) is 5.92 Å². The van der Waals surface area contributed by atoms with Crippen molar-refractivity contribution in [1.29, 1.82) is 0 Å². The average Bonchev–Trinajstić information content (AvgIpc) is 3.42. The molecule has 5 atom stereocenters. The van der Waals surface area contributed by atoms with Gasteiger partial charge < -0.3 is 29.1 Å². The predicted molar refractivity (Wildman–Crippen MR) is 137 cm³/mol. The second-order valence-electron chi connectivity index (χ2n) is 10.9. The van der Waals surface area contributed by atoms with Gasteiger partial charge in [-0.2, -0.15) is 0 Å². The van der Waals surface area contributed by atoms with E-state index in [1.54, 1.807) is 18.0 Å². The highest BCUT2D eigenvalue weighted by Gasteiger charge is 2.52. The highest BCUT2D eigenvalue weighted by molar-refractivity contribution is 6.72. The van der Waals surface area contributed by atoms with Crippen LogP contribution in [0.25, 0.3) is 0 Å². The van der Waals surface area contributed by atoms with Crippen LogP contribution in [0.1, 0.15) is 38.2 Å². The van der Waals surface area contributed by atoms with Crippen molar-refractivity contribution in [2.75, 3.05) is 37.7 Å². The molecule has 3 saturated heterocycles. The molecule has 3 aliphatic rings.